The van der Waals surface area contributed by atoms with Crippen LogP contribution < -0.4 is 0 Å². The maximum atomic E-state index is 11.2. The number of carbonyl (C=O) groups excluding carboxylic acids is 4. The minimum absolute atomic E-state index is 0.128. The van der Waals surface area contributed by atoms with Crippen molar-refractivity contribution in [2.24, 2.45) is 11.8 Å². The summed E-state index contributed by atoms with van der Waals surface area (Å²) in [6.07, 6.45) is 8.14. The van der Waals surface area contributed by atoms with Crippen molar-refractivity contribution < 1.29 is 28.7 Å². The Kier molecular flexibility index (Phi) is 4.45. The van der Waals surface area contributed by atoms with Crippen LogP contribution in [0.4, 0.5) is 0 Å². The lowest BCUT2D eigenvalue weighted by Crippen LogP contribution is -2.06. The zero-order chi connectivity index (χ0) is 14.5. The molecule has 0 aromatic rings. The van der Waals surface area contributed by atoms with E-state index in [1.165, 1.54) is 0 Å². The van der Waals surface area contributed by atoms with Gasteiger partial charge in [0.15, 0.2) is 0 Å². The maximum Gasteiger partial charge on any atom is 0.317 e. The van der Waals surface area contributed by atoms with E-state index in [1.54, 1.807) is 24.3 Å². The van der Waals surface area contributed by atoms with E-state index in [0.717, 1.165) is 0 Å². The number of allylic oxidation sites excluding steroid dienone is 4. The molecule has 6 nitrogen and oxygen atoms in total. The summed E-state index contributed by atoms with van der Waals surface area (Å²) in [6.45, 7) is 0. The summed E-state index contributed by atoms with van der Waals surface area (Å²) in [4.78, 5) is 44.0. The smallest absolute Gasteiger partial charge is 0.317 e. The molecule has 6 heteroatoms. The number of rotatable bonds is 5. The summed E-state index contributed by atoms with van der Waals surface area (Å²) >= 11 is 0. The Morgan fingerprint density at radius 2 is 1.20 bits per heavy atom. The van der Waals surface area contributed by atoms with Crippen molar-refractivity contribution in [3.8, 4) is 0 Å². The van der Waals surface area contributed by atoms with Crippen LogP contribution in [0.5, 0.6) is 0 Å². The molecular formula is C14H14O6. The molecule has 0 aromatic heterocycles. The summed E-state index contributed by atoms with van der Waals surface area (Å²) in [6, 6.07) is 0. The van der Waals surface area contributed by atoms with Crippen LogP contribution in [0.25, 0.3) is 0 Å². The van der Waals surface area contributed by atoms with Gasteiger partial charge in [-0.1, -0.05) is 24.3 Å². The SMILES string of the molecule is O=C1CC(C/C=C/C=C/CC2CC(=O)OC2=O)C(=O)O1. The van der Waals surface area contributed by atoms with Crippen molar-refractivity contribution in [3.63, 3.8) is 0 Å². The van der Waals surface area contributed by atoms with Gasteiger partial charge in [-0.15, -0.1) is 0 Å². The van der Waals surface area contributed by atoms with E-state index < -0.39 is 35.7 Å². The van der Waals surface area contributed by atoms with Crippen molar-refractivity contribution in [2.45, 2.75) is 25.7 Å². The molecule has 2 aliphatic rings. The normalized spacial score (nSPS) is 26.8. The zero-order valence-corrected chi connectivity index (χ0v) is 10.7. The Hall–Kier alpha value is -2.24. The Morgan fingerprint density at radius 1 is 0.800 bits per heavy atom. The molecule has 20 heavy (non-hydrogen) atoms. The highest BCUT2D eigenvalue weighted by Gasteiger charge is 2.32. The zero-order valence-electron chi connectivity index (χ0n) is 10.7. The molecule has 0 radical (unpaired) electrons. The fraction of sp³-hybridized carbons (Fsp3) is 0.429. The van der Waals surface area contributed by atoms with Crippen molar-refractivity contribution in [1.29, 1.82) is 0 Å². The third-order valence-corrected chi connectivity index (χ3v) is 3.15. The highest BCUT2D eigenvalue weighted by molar-refractivity contribution is 5.95. The predicted molar refractivity (Wildman–Crippen MR) is 65.9 cm³/mol. The lowest BCUT2D eigenvalue weighted by Gasteiger charge is -1.98. The van der Waals surface area contributed by atoms with E-state index in [4.69, 9.17) is 0 Å². The lowest BCUT2D eigenvalue weighted by atomic mass is 10.0. The second-order valence-corrected chi connectivity index (χ2v) is 4.72. The second kappa shape index (κ2) is 6.27. The molecule has 2 rings (SSSR count). The predicted octanol–water partition coefficient (Wildman–Crippen LogP) is 1.06. The molecule has 0 N–H and O–H groups in total. The third kappa shape index (κ3) is 3.63. The molecule has 2 unspecified atom stereocenters. The van der Waals surface area contributed by atoms with Gasteiger partial charge in [-0.05, 0) is 12.8 Å². The molecule has 0 bridgehead atoms. The monoisotopic (exact) mass is 278 g/mol. The minimum atomic E-state index is -0.478. The first kappa shape index (κ1) is 14.2. The topological polar surface area (TPSA) is 86.7 Å². The average molecular weight is 278 g/mol. The Balaban J connectivity index is 1.70. The number of cyclic esters (lactones) is 4. The molecule has 2 saturated heterocycles. The second-order valence-electron chi connectivity index (χ2n) is 4.72. The minimum Gasteiger partial charge on any atom is -0.393 e. The summed E-state index contributed by atoms with van der Waals surface area (Å²) in [5.41, 5.74) is 0. The van der Waals surface area contributed by atoms with Gasteiger partial charge in [-0.3, -0.25) is 19.2 Å². The van der Waals surface area contributed by atoms with Gasteiger partial charge < -0.3 is 9.47 Å². The van der Waals surface area contributed by atoms with Crippen LogP contribution >= 0.6 is 0 Å². The molecule has 2 heterocycles. The van der Waals surface area contributed by atoms with Gasteiger partial charge in [-0.25, -0.2) is 0 Å². The van der Waals surface area contributed by atoms with Crippen LogP contribution in [0.1, 0.15) is 25.7 Å². The number of hydrogen-bond donors (Lipinski definition) is 0. The first-order valence-electron chi connectivity index (χ1n) is 6.37. The molecule has 0 spiro atoms. The van der Waals surface area contributed by atoms with Crippen LogP contribution in [0.2, 0.25) is 0 Å². The van der Waals surface area contributed by atoms with Gasteiger partial charge >= 0.3 is 23.9 Å². The molecule has 2 fully saturated rings. The van der Waals surface area contributed by atoms with Crippen molar-refractivity contribution in [2.75, 3.05) is 0 Å². The summed E-state index contributed by atoms with van der Waals surface area (Å²) in [7, 11) is 0. The van der Waals surface area contributed by atoms with E-state index in [1.807, 2.05) is 0 Å². The molecule has 2 atom stereocenters. The van der Waals surface area contributed by atoms with Crippen molar-refractivity contribution in [1.82, 2.24) is 0 Å². The van der Waals surface area contributed by atoms with E-state index in [0.29, 0.717) is 12.8 Å². The molecule has 0 aromatic carbocycles. The number of carbonyl (C=O) groups is 4. The lowest BCUT2D eigenvalue weighted by molar-refractivity contribution is -0.154. The number of esters is 4. The van der Waals surface area contributed by atoms with E-state index in [2.05, 4.69) is 9.47 Å². The highest BCUT2D eigenvalue weighted by atomic mass is 16.6. The van der Waals surface area contributed by atoms with Crippen molar-refractivity contribution >= 4 is 23.9 Å². The summed E-state index contributed by atoms with van der Waals surface area (Å²) in [5.74, 6) is -2.70. The molecule has 0 saturated carbocycles. The molecule has 106 valence electrons. The average Bonchev–Trinajstić information content (AvgIpc) is 2.86. The van der Waals surface area contributed by atoms with Crippen LogP contribution in [-0.2, 0) is 28.7 Å². The number of hydrogen-bond acceptors (Lipinski definition) is 6. The third-order valence-electron chi connectivity index (χ3n) is 3.15. The summed E-state index contributed by atoms with van der Waals surface area (Å²) in [5, 5.41) is 0. The molecular weight excluding hydrogens is 264 g/mol. The van der Waals surface area contributed by atoms with Crippen LogP contribution in [-0.4, -0.2) is 23.9 Å². The Labute approximate surface area is 115 Å². The van der Waals surface area contributed by atoms with Gasteiger partial charge in [0.2, 0.25) is 0 Å². The molecule has 0 aliphatic carbocycles. The first-order valence-corrected chi connectivity index (χ1v) is 6.37. The van der Waals surface area contributed by atoms with Crippen molar-refractivity contribution in [3.05, 3.63) is 24.3 Å². The van der Waals surface area contributed by atoms with Gasteiger partial charge in [0.1, 0.15) is 0 Å². The van der Waals surface area contributed by atoms with Gasteiger partial charge in [0, 0.05) is 0 Å². The quantitative estimate of drug-likeness (QED) is 0.424. The number of ether oxygens (including phenoxy) is 2. The molecule has 2 aliphatic heterocycles. The van der Waals surface area contributed by atoms with Gasteiger partial charge in [0.05, 0.1) is 24.7 Å². The Bertz CT molecular complexity index is 456. The summed E-state index contributed by atoms with van der Waals surface area (Å²) < 4.78 is 8.86. The van der Waals surface area contributed by atoms with E-state index in [9.17, 15) is 19.2 Å². The standard InChI is InChI=1S/C14H14O6/c15-11-7-9(13(17)19-11)5-3-1-2-4-6-10-8-12(16)20-14(10)18/h1-4,9-10H,5-8H2/b3-1+,4-2+. The van der Waals surface area contributed by atoms with Gasteiger partial charge in [-0.2, -0.15) is 0 Å². The first-order chi connectivity index (χ1) is 9.56. The van der Waals surface area contributed by atoms with Crippen LogP contribution in [0, 0.1) is 11.8 Å². The Morgan fingerprint density at radius 3 is 1.50 bits per heavy atom. The van der Waals surface area contributed by atoms with Crippen LogP contribution in [0.3, 0.4) is 0 Å². The fourth-order valence-electron chi connectivity index (χ4n) is 2.05. The largest absolute Gasteiger partial charge is 0.393 e. The van der Waals surface area contributed by atoms with Gasteiger partial charge in [0.25, 0.3) is 0 Å². The molecule has 0 amide bonds. The van der Waals surface area contributed by atoms with E-state index >= 15 is 0 Å². The maximum absolute atomic E-state index is 11.2. The van der Waals surface area contributed by atoms with Crippen LogP contribution in [0.15, 0.2) is 24.3 Å². The highest BCUT2D eigenvalue weighted by Crippen LogP contribution is 2.21. The van der Waals surface area contributed by atoms with E-state index in [-0.39, 0.29) is 12.8 Å². The fourth-order valence-corrected chi connectivity index (χ4v) is 2.05.